The van der Waals surface area contributed by atoms with Crippen LogP contribution in [-0.2, 0) is 4.79 Å². The van der Waals surface area contributed by atoms with E-state index in [2.05, 4.69) is 22.0 Å². The van der Waals surface area contributed by atoms with Crippen LogP contribution in [-0.4, -0.2) is 66.6 Å². The molecule has 3 unspecified atom stereocenters. The average Bonchev–Trinajstić information content (AvgIpc) is 2.43. The summed E-state index contributed by atoms with van der Waals surface area (Å²) < 4.78 is 0. The molecular formula is C15H30N4O. The number of likely N-dealkylation sites (N-methyl/N-ethyl adjacent to an activating group) is 1. The van der Waals surface area contributed by atoms with Crippen molar-refractivity contribution >= 4 is 5.91 Å². The number of hydrogen-bond donors (Lipinski definition) is 2. The molecule has 5 heteroatoms. The van der Waals surface area contributed by atoms with E-state index in [0.29, 0.717) is 6.04 Å². The first-order valence-electron chi connectivity index (χ1n) is 8.12. The topological polar surface area (TPSA) is 61.6 Å². The zero-order valence-corrected chi connectivity index (χ0v) is 13.0. The minimum absolute atomic E-state index is 0.184. The number of fused-ring (bicyclic) bond motifs is 1. The minimum atomic E-state index is -0.226. The molecule has 2 aliphatic rings. The van der Waals surface area contributed by atoms with E-state index in [1.807, 2.05) is 6.92 Å². The molecule has 2 saturated heterocycles. The highest BCUT2D eigenvalue weighted by Gasteiger charge is 2.33. The van der Waals surface area contributed by atoms with E-state index in [4.69, 9.17) is 5.73 Å². The third-order valence-electron chi connectivity index (χ3n) is 4.82. The van der Waals surface area contributed by atoms with Crippen molar-refractivity contribution in [3.05, 3.63) is 0 Å². The third kappa shape index (κ3) is 3.93. The molecule has 0 saturated carbocycles. The van der Waals surface area contributed by atoms with Gasteiger partial charge in [-0.25, -0.2) is 0 Å². The second-order valence-electron chi connectivity index (χ2n) is 6.29. The van der Waals surface area contributed by atoms with Gasteiger partial charge >= 0.3 is 0 Å². The number of nitrogens with zero attached hydrogens (tertiary/aromatic N) is 2. The molecule has 0 aromatic carbocycles. The lowest BCUT2D eigenvalue weighted by Gasteiger charge is -2.47. The zero-order valence-electron chi connectivity index (χ0n) is 13.0. The molecule has 2 fully saturated rings. The minimum Gasteiger partial charge on any atom is -0.368 e. The lowest BCUT2D eigenvalue weighted by molar-refractivity contribution is -0.120. The number of rotatable bonds is 6. The van der Waals surface area contributed by atoms with Gasteiger partial charge in [0.15, 0.2) is 0 Å². The van der Waals surface area contributed by atoms with Crippen LogP contribution in [0.1, 0.15) is 39.5 Å². The third-order valence-corrected chi connectivity index (χ3v) is 4.82. The van der Waals surface area contributed by atoms with E-state index in [1.54, 1.807) is 0 Å². The van der Waals surface area contributed by atoms with Crippen LogP contribution in [0.3, 0.4) is 0 Å². The van der Waals surface area contributed by atoms with E-state index in [-0.39, 0.29) is 11.9 Å². The van der Waals surface area contributed by atoms with Gasteiger partial charge in [0.25, 0.3) is 0 Å². The molecule has 3 N–H and O–H groups in total. The molecule has 116 valence electrons. The Morgan fingerprint density at radius 3 is 2.90 bits per heavy atom. The van der Waals surface area contributed by atoms with E-state index >= 15 is 0 Å². The molecule has 20 heavy (non-hydrogen) atoms. The molecule has 0 aromatic heterocycles. The molecule has 0 spiro atoms. The summed E-state index contributed by atoms with van der Waals surface area (Å²) in [5.74, 6) is -0.226. The summed E-state index contributed by atoms with van der Waals surface area (Å²) in [7, 11) is 0. The van der Waals surface area contributed by atoms with Crippen molar-refractivity contribution in [2.24, 2.45) is 5.73 Å². The number of piperidine rings is 1. The number of nitrogens with one attached hydrogen (secondary N) is 1. The van der Waals surface area contributed by atoms with E-state index < -0.39 is 0 Å². The molecule has 0 aromatic rings. The Hall–Kier alpha value is -0.650. The van der Waals surface area contributed by atoms with Crippen molar-refractivity contribution in [3.63, 3.8) is 0 Å². The van der Waals surface area contributed by atoms with Gasteiger partial charge in [0.1, 0.15) is 0 Å². The van der Waals surface area contributed by atoms with Gasteiger partial charge in [0.05, 0.1) is 6.04 Å². The number of amides is 1. The highest BCUT2D eigenvalue weighted by molar-refractivity contribution is 5.79. The summed E-state index contributed by atoms with van der Waals surface area (Å²) >= 11 is 0. The van der Waals surface area contributed by atoms with E-state index in [1.165, 1.54) is 32.4 Å². The fourth-order valence-electron chi connectivity index (χ4n) is 3.61. The Morgan fingerprint density at radius 1 is 1.40 bits per heavy atom. The number of carbonyl (C=O) groups is 1. The summed E-state index contributed by atoms with van der Waals surface area (Å²) in [6.45, 7) is 9.67. The van der Waals surface area contributed by atoms with Crippen molar-refractivity contribution in [1.82, 2.24) is 15.1 Å². The van der Waals surface area contributed by atoms with Crippen LogP contribution in [0.4, 0.5) is 0 Å². The Morgan fingerprint density at radius 2 is 2.20 bits per heavy atom. The fourth-order valence-corrected chi connectivity index (χ4v) is 3.61. The van der Waals surface area contributed by atoms with Gasteiger partial charge in [-0.1, -0.05) is 13.3 Å². The fraction of sp³-hybridized carbons (Fsp3) is 0.933. The Bertz CT molecular complexity index is 323. The molecule has 3 atom stereocenters. The normalized spacial score (nSPS) is 29.9. The first-order valence-corrected chi connectivity index (χ1v) is 8.12. The zero-order chi connectivity index (χ0) is 14.5. The molecular weight excluding hydrogens is 252 g/mol. The molecule has 2 aliphatic heterocycles. The van der Waals surface area contributed by atoms with Crippen molar-refractivity contribution in [1.29, 1.82) is 0 Å². The largest absolute Gasteiger partial charge is 0.368 e. The first-order chi connectivity index (χ1) is 9.61. The molecule has 0 aliphatic carbocycles. The maximum atomic E-state index is 11.4. The lowest BCUT2D eigenvalue weighted by Crippen LogP contribution is -2.59. The van der Waals surface area contributed by atoms with Crippen molar-refractivity contribution in [2.75, 3.05) is 32.7 Å². The quantitative estimate of drug-likeness (QED) is 0.740. The number of primary amides is 1. The van der Waals surface area contributed by atoms with Crippen LogP contribution in [0.2, 0.25) is 0 Å². The maximum absolute atomic E-state index is 11.4. The van der Waals surface area contributed by atoms with Crippen LogP contribution < -0.4 is 11.1 Å². The molecule has 5 nitrogen and oxygen atoms in total. The molecule has 1 amide bonds. The highest BCUT2D eigenvalue weighted by atomic mass is 16.1. The summed E-state index contributed by atoms with van der Waals surface area (Å²) in [6, 6.07) is 1.13. The Labute approximate surface area is 122 Å². The molecule has 2 heterocycles. The predicted octanol–water partition coefficient (Wildman–Crippen LogP) is 0.399. The smallest absolute Gasteiger partial charge is 0.234 e. The van der Waals surface area contributed by atoms with Crippen LogP contribution in [0, 0.1) is 0 Å². The maximum Gasteiger partial charge on any atom is 0.234 e. The van der Waals surface area contributed by atoms with E-state index in [9.17, 15) is 4.79 Å². The van der Waals surface area contributed by atoms with Crippen molar-refractivity contribution < 1.29 is 4.79 Å². The van der Waals surface area contributed by atoms with Crippen LogP contribution in [0.15, 0.2) is 0 Å². The number of hydrogen-bond acceptors (Lipinski definition) is 4. The lowest BCUT2D eigenvalue weighted by atomic mass is 9.97. The number of piperazine rings is 1. The van der Waals surface area contributed by atoms with Crippen LogP contribution >= 0.6 is 0 Å². The predicted molar refractivity (Wildman–Crippen MR) is 81.5 cm³/mol. The Balaban J connectivity index is 1.83. The molecule has 0 bridgehead atoms. The SMILES string of the molecule is CCNC(CCN1CC2CCCCN2CC1C)C(N)=O. The van der Waals surface area contributed by atoms with Crippen molar-refractivity contribution in [3.8, 4) is 0 Å². The summed E-state index contributed by atoms with van der Waals surface area (Å²) in [5, 5.41) is 3.18. The van der Waals surface area contributed by atoms with Gasteiger partial charge in [0, 0.05) is 31.7 Å². The summed E-state index contributed by atoms with van der Waals surface area (Å²) in [4.78, 5) is 16.6. The molecule has 0 radical (unpaired) electrons. The highest BCUT2D eigenvalue weighted by Crippen LogP contribution is 2.24. The second kappa shape index (κ2) is 7.38. The summed E-state index contributed by atoms with van der Waals surface area (Å²) in [5.41, 5.74) is 5.45. The average molecular weight is 282 g/mol. The van der Waals surface area contributed by atoms with Crippen LogP contribution in [0.5, 0.6) is 0 Å². The van der Waals surface area contributed by atoms with Gasteiger partial charge in [0.2, 0.25) is 5.91 Å². The first kappa shape index (κ1) is 15.7. The van der Waals surface area contributed by atoms with Gasteiger partial charge in [-0.2, -0.15) is 0 Å². The van der Waals surface area contributed by atoms with E-state index in [0.717, 1.165) is 32.1 Å². The van der Waals surface area contributed by atoms with Gasteiger partial charge in [-0.15, -0.1) is 0 Å². The Kier molecular flexibility index (Phi) is 5.81. The summed E-state index contributed by atoms with van der Waals surface area (Å²) in [6.07, 6.45) is 4.87. The van der Waals surface area contributed by atoms with Gasteiger partial charge in [-0.3, -0.25) is 14.6 Å². The van der Waals surface area contributed by atoms with Gasteiger partial charge in [-0.05, 0) is 39.3 Å². The second-order valence-corrected chi connectivity index (χ2v) is 6.29. The standard InChI is InChI=1S/C15H30N4O/c1-3-17-14(15(16)20)7-9-18-11-13-6-4-5-8-19(13)10-12(18)2/h12-14,17H,3-11H2,1-2H3,(H2,16,20). The number of nitrogens with two attached hydrogens (primary N) is 1. The monoisotopic (exact) mass is 282 g/mol. The van der Waals surface area contributed by atoms with Gasteiger partial charge < -0.3 is 11.1 Å². The number of carbonyl (C=O) groups excluding carboxylic acids is 1. The van der Waals surface area contributed by atoms with Crippen LogP contribution in [0.25, 0.3) is 0 Å². The molecule has 2 rings (SSSR count). The van der Waals surface area contributed by atoms with Crippen molar-refractivity contribution in [2.45, 2.75) is 57.7 Å².